The number of aryl methyl sites for hydroxylation is 2. The maximum atomic E-state index is 10.4. The predicted molar refractivity (Wildman–Crippen MR) is 57.7 cm³/mol. The summed E-state index contributed by atoms with van der Waals surface area (Å²) in [5.41, 5.74) is 5.21. The first-order chi connectivity index (χ1) is 6.70. The second-order valence-electron chi connectivity index (χ2n) is 4.06. The highest BCUT2D eigenvalue weighted by molar-refractivity contribution is 5.63. The fourth-order valence-corrected chi connectivity index (χ4v) is 2.17. The van der Waals surface area contributed by atoms with Crippen LogP contribution in [-0.4, -0.2) is 12.3 Å². The van der Waals surface area contributed by atoms with Crippen molar-refractivity contribution >= 4 is 12.0 Å². The lowest BCUT2D eigenvalue weighted by Gasteiger charge is -2.06. The van der Waals surface area contributed by atoms with E-state index >= 15 is 0 Å². The van der Waals surface area contributed by atoms with E-state index in [1.165, 1.54) is 22.4 Å². The van der Waals surface area contributed by atoms with Gasteiger partial charge in [-0.2, -0.15) is 0 Å². The largest absolute Gasteiger partial charge is 0.381 e. The first-order valence-electron chi connectivity index (χ1n) is 5.01. The summed E-state index contributed by atoms with van der Waals surface area (Å²) in [5, 5.41) is 3.39. The monoisotopic (exact) mass is 189 g/mol. The number of aldehydes is 1. The third-order valence-corrected chi connectivity index (χ3v) is 2.81. The van der Waals surface area contributed by atoms with E-state index in [4.69, 9.17) is 0 Å². The molecule has 1 aliphatic rings. The molecule has 1 unspecified atom stereocenters. The average molecular weight is 189 g/mol. The predicted octanol–water partition coefficient (Wildman–Crippen LogP) is 2.23. The van der Waals surface area contributed by atoms with E-state index in [2.05, 4.69) is 31.3 Å². The minimum absolute atomic E-state index is 0.308. The van der Waals surface area contributed by atoms with Crippen LogP contribution in [0.1, 0.15) is 23.1 Å². The van der Waals surface area contributed by atoms with E-state index in [9.17, 15) is 4.79 Å². The number of rotatable bonds is 2. The molecule has 0 saturated heterocycles. The molecule has 0 spiro atoms. The maximum absolute atomic E-state index is 10.4. The third-order valence-electron chi connectivity index (χ3n) is 2.81. The number of anilines is 1. The van der Waals surface area contributed by atoms with Gasteiger partial charge in [-0.1, -0.05) is 6.07 Å². The summed E-state index contributed by atoms with van der Waals surface area (Å²) < 4.78 is 0. The molecular formula is C12H15NO. The smallest absolute Gasteiger partial charge is 0.122 e. The molecule has 1 aliphatic heterocycles. The van der Waals surface area contributed by atoms with Gasteiger partial charge in [-0.05, 0) is 43.0 Å². The van der Waals surface area contributed by atoms with Crippen molar-refractivity contribution in [1.82, 2.24) is 0 Å². The number of fused-ring (bicyclic) bond motifs is 1. The molecule has 0 aromatic heterocycles. The van der Waals surface area contributed by atoms with Gasteiger partial charge in [0.05, 0.1) is 0 Å². The summed E-state index contributed by atoms with van der Waals surface area (Å²) in [7, 11) is 0. The van der Waals surface area contributed by atoms with Gasteiger partial charge < -0.3 is 10.1 Å². The van der Waals surface area contributed by atoms with Crippen LogP contribution in [0.3, 0.4) is 0 Å². The van der Waals surface area contributed by atoms with Crippen molar-refractivity contribution in [2.75, 3.05) is 5.32 Å². The van der Waals surface area contributed by atoms with Gasteiger partial charge in [0, 0.05) is 18.2 Å². The Hall–Kier alpha value is -1.31. The second-order valence-corrected chi connectivity index (χ2v) is 4.06. The maximum Gasteiger partial charge on any atom is 0.122 e. The number of hydrogen-bond acceptors (Lipinski definition) is 2. The van der Waals surface area contributed by atoms with Crippen LogP contribution in [0.4, 0.5) is 5.69 Å². The summed E-state index contributed by atoms with van der Waals surface area (Å²) in [4.78, 5) is 10.4. The molecule has 0 saturated carbocycles. The third kappa shape index (κ3) is 1.52. The number of benzene rings is 1. The van der Waals surface area contributed by atoms with Gasteiger partial charge in [0.15, 0.2) is 0 Å². The molecule has 14 heavy (non-hydrogen) atoms. The number of nitrogens with one attached hydrogen (secondary N) is 1. The lowest BCUT2D eigenvalue weighted by molar-refractivity contribution is -0.108. The Balaban J connectivity index is 2.30. The Labute approximate surface area is 84.3 Å². The van der Waals surface area contributed by atoms with Gasteiger partial charge in [-0.15, -0.1) is 0 Å². The zero-order valence-electron chi connectivity index (χ0n) is 8.63. The molecule has 1 aromatic rings. The van der Waals surface area contributed by atoms with E-state index in [-0.39, 0.29) is 0 Å². The van der Waals surface area contributed by atoms with Crippen molar-refractivity contribution in [3.8, 4) is 0 Å². The molecule has 0 bridgehead atoms. The standard InChI is InChI=1S/C12H15NO/c1-8-5-9(2)11-7-10(3-4-14)13-12(11)6-8/h4-6,10,13H,3,7H2,1-2H3. The molecular weight excluding hydrogens is 174 g/mol. The summed E-state index contributed by atoms with van der Waals surface area (Å²) in [6.45, 7) is 4.23. The lowest BCUT2D eigenvalue weighted by atomic mass is 10.0. The average Bonchev–Trinajstić information content (AvgIpc) is 2.48. The lowest BCUT2D eigenvalue weighted by Crippen LogP contribution is -2.15. The molecule has 2 nitrogen and oxygen atoms in total. The fourth-order valence-electron chi connectivity index (χ4n) is 2.17. The Morgan fingerprint density at radius 2 is 2.29 bits per heavy atom. The quantitative estimate of drug-likeness (QED) is 0.723. The van der Waals surface area contributed by atoms with Crippen molar-refractivity contribution in [1.29, 1.82) is 0 Å². The molecule has 1 aromatic carbocycles. The molecule has 2 heteroatoms. The minimum Gasteiger partial charge on any atom is -0.381 e. The van der Waals surface area contributed by atoms with E-state index in [1.807, 2.05) is 0 Å². The molecule has 0 amide bonds. The van der Waals surface area contributed by atoms with Gasteiger partial charge in [0.25, 0.3) is 0 Å². The van der Waals surface area contributed by atoms with E-state index < -0.39 is 0 Å². The number of hydrogen-bond donors (Lipinski definition) is 1. The van der Waals surface area contributed by atoms with E-state index in [0.29, 0.717) is 12.5 Å². The molecule has 0 fully saturated rings. The highest BCUT2D eigenvalue weighted by atomic mass is 16.1. The van der Waals surface area contributed by atoms with Gasteiger partial charge >= 0.3 is 0 Å². The van der Waals surface area contributed by atoms with Crippen LogP contribution < -0.4 is 5.32 Å². The van der Waals surface area contributed by atoms with Crippen molar-refractivity contribution in [3.05, 3.63) is 28.8 Å². The Morgan fingerprint density at radius 3 is 3.00 bits per heavy atom. The molecule has 74 valence electrons. The Kier molecular flexibility index (Phi) is 2.28. The van der Waals surface area contributed by atoms with E-state index in [0.717, 1.165) is 12.7 Å². The van der Waals surface area contributed by atoms with Gasteiger partial charge in [0.1, 0.15) is 6.29 Å². The van der Waals surface area contributed by atoms with Crippen LogP contribution in [0.15, 0.2) is 12.1 Å². The highest BCUT2D eigenvalue weighted by Crippen LogP contribution is 2.30. The number of carbonyl (C=O) groups excluding carboxylic acids is 1. The van der Waals surface area contributed by atoms with Gasteiger partial charge in [-0.25, -0.2) is 0 Å². The second kappa shape index (κ2) is 3.45. The van der Waals surface area contributed by atoms with Crippen molar-refractivity contribution in [2.45, 2.75) is 32.7 Å². The summed E-state index contributed by atoms with van der Waals surface area (Å²) in [6.07, 6.45) is 2.58. The highest BCUT2D eigenvalue weighted by Gasteiger charge is 2.21. The molecule has 1 atom stereocenters. The molecule has 2 rings (SSSR count). The van der Waals surface area contributed by atoms with Crippen LogP contribution in [0.25, 0.3) is 0 Å². The van der Waals surface area contributed by atoms with Crippen LogP contribution in [0.5, 0.6) is 0 Å². The zero-order valence-corrected chi connectivity index (χ0v) is 8.63. The van der Waals surface area contributed by atoms with Crippen molar-refractivity contribution < 1.29 is 4.79 Å². The van der Waals surface area contributed by atoms with Crippen LogP contribution in [-0.2, 0) is 11.2 Å². The summed E-state index contributed by atoms with van der Waals surface area (Å²) >= 11 is 0. The Bertz CT molecular complexity index is 371. The molecule has 0 radical (unpaired) electrons. The zero-order chi connectivity index (χ0) is 10.1. The first-order valence-corrected chi connectivity index (χ1v) is 5.01. The first kappa shape index (κ1) is 9.25. The minimum atomic E-state index is 0.308. The molecule has 1 N–H and O–H groups in total. The summed E-state index contributed by atoms with van der Waals surface area (Å²) in [5.74, 6) is 0. The normalized spacial score (nSPS) is 18.9. The number of carbonyl (C=O) groups is 1. The van der Waals surface area contributed by atoms with Crippen LogP contribution in [0, 0.1) is 13.8 Å². The molecule has 1 heterocycles. The Morgan fingerprint density at radius 1 is 1.50 bits per heavy atom. The topological polar surface area (TPSA) is 29.1 Å². The fraction of sp³-hybridized carbons (Fsp3) is 0.417. The van der Waals surface area contributed by atoms with Gasteiger partial charge in [-0.3, -0.25) is 0 Å². The van der Waals surface area contributed by atoms with Crippen molar-refractivity contribution in [2.24, 2.45) is 0 Å². The van der Waals surface area contributed by atoms with E-state index in [1.54, 1.807) is 0 Å². The SMILES string of the molecule is Cc1cc(C)c2c(c1)NC(CC=O)C2. The van der Waals surface area contributed by atoms with Crippen LogP contribution >= 0.6 is 0 Å². The van der Waals surface area contributed by atoms with Crippen molar-refractivity contribution in [3.63, 3.8) is 0 Å². The van der Waals surface area contributed by atoms with Crippen LogP contribution in [0.2, 0.25) is 0 Å². The molecule has 0 aliphatic carbocycles. The summed E-state index contributed by atoms with van der Waals surface area (Å²) in [6, 6.07) is 4.67. The van der Waals surface area contributed by atoms with Gasteiger partial charge in [0.2, 0.25) is 0 Å².